The number of nitrogens with zero attached hydrogens (tertiary/aromatic N) is 3. The molecule has 1 N–H and O–H groups in total. The third-order valence-electron chi connectivity index (χ3n) is 2.77. The van der Waals surface area contributed by atoms with E-state index in [0.717, 1.165) is 5.69 Å². The van der Waals surface area contributed by atoms with Gasteiger partial charge in [-0.1, -0.05) is 0 Å². The molecule has 0 aliphatic carbocycles. The van der Waals surface area contributed by atoms with Crippen molar-refractivity contribution in [1.82, 2.24) is 14.7 Å². The van der Waals surface area contributed by atoms with Gasteiger partial charge in [0, 0.05) is 31.4 Å². The SMILES string of the molecule is CC(C)N(CC(=O)O)C(=O)CCc1ccnn1C. The lowest BCUT2D eigenvalue weighted by Gasteiger charge is -2.24. The molecular weight excluding hydrogens is 234 g/mol. The summed E-state index contributed by atoms with van der Waals surface area (Å²) in [6.07, 6.45) is 2.54. The summed E-state index contributed by atoms with van der Waals surface area (Å²) >= 11 is 0. The molecule has 18 heavy (non-hydrogen) atoms. The molecule has 0 aliphatic heterocycles. The first kappa shape index (κ1) is 14.2. The molecular formula is C12H19N3O3. The number of hydrogen-bond acceptors (Lipinski definition) is 3. The van der Waals surface area contributed by atoms with Crippen LogP contribution >= 0.6 is 0 Å². The summed E-state index contributed by atoms with van der Waals surface area (Å²) in [6, 6.07) is 1.74. The Morgan fingerprint density at radius 1 is 1.50 bits per heavy atom. The minimum atomic E-state index is -0.988. The number of carboxylic acid groups (broad SMARTS) is 1. The Labute approximate surface area is 106 Å². The first-order chi connectivity index (χ1) is 8.41. The number of carboxylic acids is 1. The van der Waals surface area contributed by atoms with Crippen LogP contribution < -0.4 is 0 Å². The van der Waals surface area contributed by atoms with Crippen molar-refractivity contribution in [2.24, 2.45) is 7.05 Å². The number of carbonyl (C=O) groups is 2. The molecule has 0 fully saturated rings. The smallest absolute Gasteiger partial charge is 0.323 e. The van der Waals surface area contributed by atoms with E-state index < -0.39 is 5.97 Å². The van der Waals surface area contributed by atoms with Gasteiger partial charge < -0.3 is 10.0 Å². The van der Waals surface area contributed by atoms with Crippen LogP contribution in [0.1, 0.15) is 26.0 Å². The fraction of sp³-hybridized carbons (Fsp3) is 0.583. The second-order valence-electron chi connectivity index (χ2n) is 4.46. The number of aliphatic carboxylic acids is 1. The largest absolute Gasteiger partial charge is 0.480 e. The van der Waals surface area contributed by atoms with E-state index in [4.69, 9.17) is 5.11 Å². The zero-order valence-electron chi connectivity index (χ0n) is 11.0. The molecule has 1 aromatic rings. The van der Waals surface area contributed by atoms with Gasteiger partial charge in [0.1, 0.15) is 6.54 Å². The fourth-order valence-corrected chi connectivity index (χ4v) is 1.73. The minimum absolute atomic E-state index is 0.111. The molecule has 1 heterocycles. The molecule has 100 valence electrons. The van der Waals surface area contributed by atoms with Gasteiger partial charge in [0.2, 0.25) is 5.91 Å². The molecule has 0 bridgehead atoms. The molecule has 1 aromatic heterocycles. The number of aromatic nitrogens is 2. The Balaban J connectivity index is 2.57. The topological polar surface area (TPSA) is 75.4 Å². The van der Waals surface area contributed by atoms with Crippen LogP contribution in [0.25, 0.3) is 0 Å². The lowest BCUT2D eigenvalue weighted by molar-refractivity contribution is -0.145. The average Bonchev–Trinajstić information content (AvgIpc) is 2.68. The summed E-state index contributed by atoms with van der Waals surface area (Å²) in [5.41, 5.74) is 0.961. The molecule has 1 amide bonds. The zero-order chi connectivity index (χ0) is 13.7. The van der Waals surface area contributed by atoms with Crippen molar-refractivity contribution in [3.05, 3.63) is 18.0 Å². The van der Waals surface area contributed by atoms with E-state index >= 15 is 0 Å². The Hall–Kier alpha value is -1.85. The summed E-state index contributed by atoms with van der Waals surface area (Å²) < 4.78 is 1.71. The van der Waals surface area contributed by atoms with E-state index in [9.17, 15) is 9.59 Å². The number of hydrogen-bond donors (Lipinski definition) is 1. The van der Waals surface area contributed by atoms with Gasteiger partial charge >= 0.3 is 5.97 Å². The van der Waals surface area contributed by atoms with E-state index in [-0.39, 0.29) is 18.5 Å². The highest BCUT2D eigenvalue weighted by Gasteiger charge is 2.19. The highest BCUT2D eigenvalue weighted by molar-refractivity contribution is 5.81. The standard InChI is InChI=1S/C12H19N3O3/c1-9(2)15(8-12(17)18)11(16)5-4-10-6-7-13-14(10)3/h6-7,9H,4-5,8H2,1-3H3,(H,17,18). The van der Waals surface area contributed by atoms with E-state index in [0.29, 0.717) is 12.8 Å². The molecule has 6 heteroatoms. The molecule has 0 aromatic carbocycles. The Morgan fingerprint density at radius 3 is 2.61 bits per heavy atom. The molecule has 0 spiro atoms. The zero-order valence-corrected chi connectivity index (χ0v) is 11.0. The van der Waals surface area contributed by atoms with Gasteiger partial charge in [0.25, 0.3) is 0 Å². The predicted molar refractivity (Wildman–Crippen MR) is 66.0 cm³/mol. The minimum Gasteiger partial charge on any atom is -0.480 e. The molecule has 6 nitrogen and oxygen atoms in total. The van der Waals surface area contributed by atoms with Gasteiger partial charge in [-0.25, -0.2) is 0 Å². The normalized spacial score (nSPS) is 10.7. The summed E-state index contributed by atoms with van der Waals surface area (Å²) in [5, 5.41) is 12.8. The summed E-state index contributed by atoms with van der Waals surface area (Å²) in [6.45, 7) is 3.37. The average molecular weight is 253 g/mol. The van der Waals surface area contributed by atoms with Gasteiger partial charge in [-0.3, -0.25) is 14.3 Å². The highest BCUT2D eigenvalue weighted by Crippen LogP contribution is 2.06. The lowest BCUT2D eigenvalue weighted by atomic mass is 10.2. The Morgan fingerprint density at radius 2 is 2.17 bits per heavy atom. The monoisotopic (exact) mass is 253 g/mol. The Bertz CT molecular complexity index is 426. The molecule has 0 saturated heterocycles. The van der Waals surface area contributed by atoms with E-state index in [2.05, 4.69) is 5.10 Å². The highest BCUT2D eigenvalue weighted by atomic mass is 16.4. The number of aryl methyl sites for hydroxylation is 2. The first-order valence-corrected chi connectivity index (χ1v) is 5.90. The summed E-state index contributed by atoms with van der Waals surface area (Å²) in [4.78, 5) is 24.0. The predicted octanol–water partition coefficient (Wildman–Crippen LogP) is 0.674. The quantitative estimate of drug-likeness (QED) is 0.808. The second kappa shape index (κ2) is 6.18. The number of rotatable bonds is 6. The van der Waals surface area contributed by atoms with Crippen molar-refractivity contribution < 1.29 is 14.7 Å². The van der Waals surface area contributed by atoms with Gasteiger partial charge in [-0.15, -0.1) is 0 Å². The van der Waals surface area contributed by atoms with Crippen LogP contribution in [0.4, 0.5) is 0 Å². The fourth-order valence-electron chi connectivity index (χ4n) is 1.73. The van der Waals surface area contributed by atoms with Crippen LogP contribution in [0.5, 0.6) is 0 Å². The first-order valence-electron chi connectivity index (χ1n) is 5.90. The maximum Gasteiger partial charge on any atom is 0.323 e. The van der Waals surface area contributed by atoms with Gasteiger partial charge in [0.05, 0.1) is 0 Å². The van der Waals surface area contributed by atoms with Crippen molar-refractivity contribution in [3.8, 4) is 0 Å². The third kappa shape index (κ3) is 3.87. The summed E-state index contributed by atoms with van der Waals surface area (Å²) in [5.74, 6) is -1.13. The van der Waals surface area contributed by atoms with Crippen molar-refractivity contribution >= 4 is 11.9 Å². The maximum atomic E-state index is 12.0. The molecule has 1 rings (SSSR count). The van der Waals surface area contributed by atoms with E-state index in [1.165, 1.54) is 4.90 Å². The van der Waals surface area contributed by atoms with Crippen molar-refractivity contribution in [1.29, 1.82) is 0 Å². The van der Waals surface area contributed by atoms with Crippen LogP contribution in [0.3, 0.4) is 0 Å². The second-order valence-corrected chi connectivity index (χ2v) is 4.46. The lowest BCUT2D eigenvalue weighted by Crippen LogP contribution is -2.40. The third-order valence-corrected chi connectivity index (χ3v) is 2.77. The Kier molecular flexibility index (Phi) is 4.88. The van der Waals surface area contributed by atoms with Crippen molar-refractivity contribution in [2.75, 3.05) is 6.54 Å². The molecule has 0 atom stereocenters. The molecule has 0 unspecified atom stereocenters. The van der Waals surface area contributed by atoms with Crippen LogP contribution in [-0.4, -0.2) is 44.3 Å². The van der Waals surface area contributed by atoms with Crippen LogP contribution in [-0.2, 0) is 23.1 Å². The molecule has 0 saturated carbocycles. The van der Waals surface area contributed by atoms with Crippen molar-refractivity contribution in [2.45, 2.75) is 32.7 Å². The van der Waals surface area contributed by atoms with Crippen LogP contribution in [0.2, 0.25) is 0 Å². The molecule has 0 radical (unpaired) electrons. The number of carbonyl (C=O) groups excluding carboxylic acids is 1. The van der Waals surface area contributed by atoms with E-state index in [1.807, 2.05) is 27.0 Å². The van der Waals surface area contributed by atoms with Gasteiger partial charge in [-0.2, -0.15) is 5.10 Å². The van der Waals surface area contributed by atoms with E-state index in [1.54, 1.807) is 10.9 Å². The van der Waals surface area contributed by atoms with Gasteiger partial charge in [0.15, 0.2) is 0 Å². The summed E-state index contributed by atoms with van der Waals surface area (Å²) in [7, 11) is 1.82. The van der Waals surface area contributed by atoms with Gasteiger partial charge in [-0.05, 0) is 26.3 Å². The van der Waals surface area contributed by atoms with Crippen LogP contribution in [0, 0.1) is 0 Å². The van der Waals surface area contributed by atoms with Crippen LogP contribution in [0.15, 0.2) is 12.3 Å². The molecule has 0 aliphatic rings. The van der Waals surface area contributed by atoms with Crippen molar-refractivity contribution in [3.63, 3.8) is 0 Å². The number of amides is 1. The maximum absolute atomic E-state index is 12.0.